The average molecular weight is 1320 g/mol. The van der Waals surface area contributed by atoms with Crippen molar-refractivity contribution in [3.05, 3.63) is 44.7 Å². The van der Waals surface area contributed by atoms with E-state index in [1.165, 1.54) is 0 Å². The molecule has 21 heteroatoms. The molecule has 10 N–H and O–H groups in total. The van der Waals surface area contributed by atoms with Crippen LogP contribution < -0.4 is 16.0 Å². The number of hydrogen-bond acceptors (Lipinski definition) is 11. The predicted octanol–water partition coefficient (Wildman–Crippen LogP) is 1.95. The van der Waals surface area contributed by atoms with Crippen LogP contribution in [0.5, 0.6) is 0 Å². The second-order valence-corrected chi connectivity index (χ2v) is 15.7. The number of carbonyl (C=O) groups is 4. The molecule has 46 heavy (non-hydrogen) atoms. The Hall–Kier alpha value is 0.420. The molecule has 256 valence electrons. The van der Waals surface area contributed by atoms with E-state index in [2.05, 4.69) is 16.0 Å². The van der Waals surface area contributed by atoms with Crippen LogP contribution in [-0.4, -0.2) is 117 Å². The first kappa shape index (κ1) is 44.4. The zero-order valence-electron chi connectivity index (χ0n) is 23.2. The Morgan fingerprint density at radius 3 is 1.39 bits per heavy atom. The van der Waals surface area contributed by atoms with Gasteiger partial charge >= 0.3 is 11.9 Å². The number of halogens is 6. The Morgan fingerprint density at radius 1 is 0.696 bits per heavy atom. The van der Waals surface area contributed by atoms with E-state index in [4.69, 9.17) is 25.2 Å². The second-order valence-electron chi connectivity index (χ2n) is 8.86. The minimum atomic E-state index is -1.55. The number of benzene rings is 2. The highest BCUT2D eigenvalue weighted by Crippen LogP contribution is 2.33. The number of nitrogens with one attached hydrogen (secondary N) is 3. The topological polar surface area (TPSA) is 255 Å². The number of aliphatic hydroxyl groups is 5. The van der Waals surface area contributed by atoms with E-state index in [-0.39, 0.29) is 17.7 Å². The van der Waals surface area contributed by atoms with Crippen molar-refractivity contribution in [1.82, 2.24) is 5.32 Å². The largest absolute Gasteiger partial charge is 0.478 e. The maximum absolute atomic E-state index is 12.3. The van der Waals surface area contributed by atoms with Crippen molar-refractivity contribution >= 4 is 171 Å². The summed E-state index contributed by atoms with van der Waals surface area (Å²) in [6, 6.07) is 3.29. The van der Waals surface area contributed by atoms with Gasteiger partial charge in [-0.05, 0) is 155 Å². The number of anilines is 2. The molecule has 2 rings (SSSR count). The van der Waals surface area contributed by atoms with Crippen LogP contribution in [0, 0.1) is 21.4 Å². The normalized spacial score (nSPS) is 13.5. The fraction of sp³-hybridized carbons (Fsp3) is 0.360. The lowest BCUT2D eigenvalue weighted by Gasteiger charge is -2.25. The van der Waals surface area contributed by atoms with E-state index in [0.29, 0.717) is 32.8 Å². The number of rotatable bonds is 14. The van der Waals surface area contributed by atoms with Gasteiger partial charge in [-0.25, -0.2) is 9.59 Å². The van der Waals surface area contributed by atoms with Gasteiger partial charge in [0.1, 0.15) is 31.5 Å². The molecule has 0 aliphatic heterocycles. The van der Waals surface area contributed by atoms with Gasteiger partial charge in [-0.3, -0.25) is 9.59 Å². The fourth-order valence-corrected chi connectivity index (χ4v) is 11.5. The van der Waals surface area contributed by atoms with Gasteiger partial charge in [0.25, 0.3) is 0 Å². The van der Waals surface area contributed by atoms with E-state index in [9.17, 15) is 34.5 Å². The van der Waals surface area contributed by atoms with Crippen molar-refractivity contribution in [2.24, 2.45) is 0 Å². The minimum Gasteiger partial charge on any atom is -0.478 e. The summed E-state index contributed by atoms with van der Waals surface area (Å²) >= 11 is 11.6. The van der Waals surface area contributed by atoms with Crippen molar-refractivity contribution < 1.29 is 59.7 Å². The third-order valence-corrected chi connectivity index (χ3v) is 11.1. The van der Waals surface area contributed by atoms with Crippen LogP contribution in [0.25, 0.3) is 0 Å². The molecule has 4 atom stereocenters. The van der Waals surface area contributed by atoms with Gasteiger partial charge < -0.3 is 56.4 Å². The van der Waals surface area contributed by atoms with E-state index < -0.39 is 68.0 Å². The minimum absolute atomic E-state index is 0.0923. The first-order valence-electron chi connectivity index (χ1n) is 12.4. The number of carboxylic acids is 2. The number of ether oxygens (including phenoxy) is 1. The number of carbonyl (C=O) groups excluding carboxylic acids is 2. The summed E-state index contributed by atoms with van der Waals surface area (Å²) in [6.07, 6.45) is -5.65. The molecule has 0 radical (unpaired) electrons. The zero-order valence-corrected chi connectivity index (χ0v) is 36.2. The number of likely N-dealkylation sites (N-methyl/N-ethyl adjacent to an activating group) is 1. The Bertz CT molecular complexity index is 1340. The lowest BCUT2D eigenvalue weighted by Crippen LogP contribution is -2.48. The third kappa shape index (κ3) is 13.3. The predicted molar refractivity (Wildman–Crippen MR) is 216 cm³/mol. The second kappa shape index (κ2) is 21.6. The smallest absolute Gasteiger partial charge is 0.337 e. The molecule has 0 bridgehead atoms. The average Bonchev–Trinajstić information content (AvgIpc) is 2.96. The third-order valence-electron chi connectivity index (χ3n) is 5.50. The summed E-state index contributed by atoms with van der Waals surface area (Å²) < 4.78 is 8.39. The molecule has 15 nitrogen and oxygen atoms in total. The van der Waals surface area contributed by atoms with Crippen molar-refractivity contribution in [3.8, 4) is 0 Å². The molecule has 0 saturated heterocycles. The summed E-state index contributed by atoms with van der Waals surface area (Å²) in [5, 5.41) is 71.5. The molecule has 2 aromatic carbocycles. The van der Waals surface area contributed by atoms with Crippen LogP contribution in [0.3, 0.4) is 0 Å². The van der Waals surface area contributed by atoms with E-state index in [0.717, 1.165) is 0 Å². The van der Waals surface area contributed by atoms with E-state index in [1.807, 2.05) is 136 Å². The number of aliphatic hydroxyl groups excluding tert-OH is 5. The summed E-state index contributed by atoms with van der Waals surface area (Å²) in [7, 11) is 1.57. The van der Waals surface area contributed by atoms with Crippen LogP contribution in [0.2, 0.25) is 0 Å². The number of hydrogen-bond donors (Lipinski definition) is 10. The van der Waals surface area contributed by atoms with Crippen LogP contribution >= 0.6 is 136 Å². The molecule has 2 aromatic rings. The molecule has 0 saturated carbocycles. The van der Waals surface area contributed by atoms with Gasteiger partial charge in [0.15, 0.2) is 0 Å². The number of carboxylic acid groups (broad SMARTS) is 2. The first-order valence-corrected chi connectivity index (χ1v) is 18.8. The fourth-order valence-electron chi connectivity index (χ4n) is 3.28. The monoisotopic (exact) mass is 1320 g/mol. The molecule has 0 aromatic heterocycles. The maximum Gasteiger partial charge on any atom is 0.337 e. The molecule has 2 amide bonds. The molecule has 0 heterocycles. The highest BCUT2D eigenvalue weighted by Gasteiger charge is 2.29. The van der Waals surface area contributed by atoms with Crippen LogP contribution in [0.15, 0.2) is 12.1 Å². The maximum atomic E-state index is 12.3. The Morgan fingerprint density at radius 2 is 1.07 bits per heavy atom. The quantitative estimate of drug-likeness (QED) is 0.122. The number of amides is 2. The van der Waals surface area contributed by atoms with Gasteiger partial charge in [0, 0.05) is 20.8 Å². The van der Waals surface area contributed by atoms with E-state index >= 15 is 0 Å². The molecule has 4 unspecified atom stereocenters. The van der Waals surface area contributed by atoms with E-state index in [1.54, 1.807) is 19.2 Å². The van der Waals surface area contributed by atoms with Crippen molar-refractivity contribution in [3.63, 3.8) is 0 Å². The first-order chi connectivity index (χ1) is 21.4. The van der Waals surface area contributed by atoms with Crippen LogP contribution in [0.1, 0.15) is 20.7 Å². The Balaban J connectivity index is 0.000000685. The zero-order chi connectivity index (χ0) is 35.5. The Labute approximate surface area is 344 Å². The summed E-state index contributed by atoms with van der Waals surface area (Å²) in [6.45, 7) is -1.44. The summed E-state index contributed by atoms with van der Waals surface area (Å²) in [4.78, 5) is 47.6. The molecule has 0 spiro atoms. The van der Waals surface area contributed by atoms with Crippen LogP contribution in [0.4, 0.5) is 11.4 Å². The summed E-state index contributed by atoms with van der Waals surface area (Å²) in [5.74, 6) is -3.31. The SMILES string of the molecule is CNCC(O)C(O)C(O)C(O)CO.O=C(COCC(=O)Nc1c(I)cc(I)c(C(=O)O)c1I)Nc1c(I)cc(I)c(C(=O)O)c1I. The van der Waals surface area contributed by atoms with Gasteiger partial charge in [0.05, 0.1) is 42.4 Å². The van der Waals surface area contributed by atoms with Gasteiger partial charge in [0.2, 0.25) is 11.8 Å². The van der Waals surface area contributed by atoms with Crippen LogP contribution in [-0.2, 0) is 14.3 Å². The van der Waals surface area contributed by atoms with Gasteiger partial charge in [-0.2, -0.15) is 0 Å². The highest BCUT2D eigenvalue weighted by molar-refractivity contribution is 14.1. The lowest BCUT2D eigenvalue weighted by molar-refractivity contribution is -0.125. The molecule has 0 aliphatic rings. The van der Waals surface area contributed by atoms with Gasteiger partial charge in [-0.1, -0.05) is 0 Å². The lowest BCUT2D eigenvalue weighted by atomic mass is 10.0. The summed E-state index contributed by atoms with van der Waals surface area (Å²) in [5.41, 5.74) is 0.900. The van der Waals surface area contributed by atoms with Crippen molar-refractivity contribution in [2.45, 2.75) is 24.4 Å². The molecule has 0 fully saturated rings. The molecular formula is C25H27I6N3O12. The van der Waals surface area contributed by atoms with Crippen molar-refractivity contribution in [1.29, 1.82) is 0 Å². The highest BCUT2D eigenvalue weighted by atomic mass is 127. The Kier molecular flexibility index (Phi) is 20.9. The van der Waals surface area contributed by atoms with Crippen molar-refractivity contribution in [2.75, 3.05) is 44.0 Å². The standard InChI is InChI=1S/C18H10I6N2O7.C7H17NO5/c19-5-1-7(21)15(13(23)11(5)17(29)30)25-9(27)3-33-4-10(28)26-16-8(22)2-6(20)12(14(16)24)18(31)32;1-8-2-4(10)6(12)7(13)5(11)3-9/h1-2H,3-4H2,(H,25,27)(H,26,28)(H,29,30)(H,31,32);4-13H,2-3H2,1H3. The molecular weight excluding hydrogens is 1300 g/mol. The van der Waals surface area contributed by atoms with Gasteiger partial charge in [-0.15, -0.1) is 0 Å². The molecule has 0 aliphatic carbocycles. The number of aromatic carboxylic acids is 2.